The minimum Gasteiger partial charge on any atom is -0.497 e. The number of amides is 2. The molecule has 0 radical (unpaired) electrons. The number of anilines is 1. The molecule has 32 heavy (non-hydrogen) atoms. The number of thiazole rings is 1. The fourth-order valence-corrected chi connectivity index (χ4v) is 4.52. The van der Waals surface area contributed by atoms with E-state index in [1.54, 1.807) is 7.11 Å². The molecule has 0 saturated carbocycles. The highest BCUT2D eigenvalue weighted by atomic mass is 32.2. The standard InChI is InChI=1S/C21H26N6O3S2/c1-5-27-19(14(3)23-17(28)10-15-6-8-16(30-4)9-7-15)25-26-21(27)32-12-18(29)24-20-22-13(2)11-31-20/h6-9,11,14H,5,10,12H2,1-4H3,(H,23,28)(H,22,24,29)/t14-/m1/s1. The lowest BCUT2D eigenvalue weighted by Gasteiger charge is -2.15. The number of nitrogens with one attached hydrogen (secondary N) is 2. The van der Waals surface area contributed by atoms with Crippen LogP contribution in [0.3, 0.4) is 0 Å². The van der Waals surface area contributed by atoms with Gasteiger partial charge in [0.1, 0.15) is 5.75 Å². The molecule has 1 aromatic carbocycles. The van der Waals surface area contributed by atoms with E-state index >= 15 is 0 Å². The Hall–Kier alpha value is -2.92. The van der Waals surface area contributed by atoms with E-state index in [-0.39, 0.29) is 30.0 Å². The Morgan fingerprint density at radius 1 is 1.22 bits per heavy atom. The summed E-state index contributed by atoms with van der Waals surface area (Å²) < 4.78 is 7.05. The highest BCUT2D eigenvalue weighted by molar-refractivity contribution is 7.99. The molecule has 11 heteroatoms. The molecule has 2 heterocycles. The van der Waals surface area contributed by atoms with Gasteiger partial charge < -0.3 is 19.9 Å². The van der Waals surface area contributed by atoms with Gasteiger partial charge in [-0.2, -0.15) is 0 Å². The predicted molar refractivity (Wildman–Crippen MR) is 125 cm³/mol. The molecular formula is C21H26N6O3S2. The van der Waals surface area contributed by atoms with E-state index in [1.165, 1.54) is 23.1 Å². The average Bonchev–Trinajstić information content (AvgIpc) is 3.38. The van der Waals surface area contributed by atoms with E-state index < -0.39 is 0 Å². The zero-order chi connectivity index (χ0) is 23.1. The molecular weight excluding hydrogens is 448 g/mol. The number of benzene rings is 1. The van der Waals surface area contributed by atoms with Crippen molar-refractivity contribution in [3.63, 3.8) is 0 Å². The van der Waals surface area contributed by atoms with Crippen LogP contribution in [-0.4, -0.2) is 44.4 Å². The SMILES string of the molecule is CCn1c(SCC(=O)Nc2nc(C)cs2)nnc1[C@@H](C)NC(=O)Cc1ccc(OC)cc1. The van der Waals surface area contributed by atoms with Crippen molar-refractivity contribution in [2.45, 2.75) is 44.9 Å². The molecule has 3 aromatic rings. The van der Waals surface area contributed by atoms with Gasteiger partial charge in [0, 0.05) is 11.9 Å². The van der Waals surface area contributed by atoms with Crippen LogP contribution in [-0.2, 0) is 22.6 Å². The Kier molecular flexibility index (Phi) is 8.23. The normalized spacial score (nSPS) is 11.8. The summed E-state index contributed by atoms with van der Waals surface area (Å²) in [5, 5.41) is 17.3. The second kappa shape index (κ2) is 11.1. The van der Waals surface area contributed by atoms with Crippen LogP contribution in [0.15, 0.2) is 34.8 Å². The van der Waals surface area contributed by atoms with Crippen molar-refractivity contribution in [2.24, 2.45) is 0 Å². The summed E-state index contributed by atoms with van der Waals surface area (Å²) in [5.41, 5.74) is 1.77. The fraction of sp³-hybridized carbons (Fsp3) is 0.381. The van der Waals surface area contributed by atoms with Crippen molar-refractivity contribution in [1.29, 1.82) is 0 Å². The molecule has 0 fully saturated rings. The van der Waals surface area contributed by atoms with E-state index in [2.05, 4.69) is 25.8 Å². The molecule has 0 bridgehead atoms. The van der Waals surface area contributed by atoms with Crippen LogP contribution >= 0.6 is 23.1 Å². The number of hydrogen-bond acceptors (Lipinski definition) is 8. The number of ether oxygens (including phenoxy) is 1. The van der Waals surface area contributed by atoms with Gasteiger partial charge in [-0.1, -0.05) is 23.9 Å². The van der Waals surface area contributed by atoms with Gasteiger partial charge >= 0.3 is 0 Å². The Morgan fingerprint density at radius 2 is 1.97 bits per heavy atom. The number of thioether (sulfide) groups is 1. The third kappa shape index (κ3) is 6.30. The molecule has 0 aliphatic rings. The number of nitrogens with zero attached hydrogens (tertiary/aromatic N) is 4. The van der Waals surface area contributed by atoms with Gasteiger partial charge in [-0.05, 0) is 38.5 Å². The minimum atomic E-state index is -0.324. The van der Waals surface area contributed by atoms with Gasteiger partial charge in [-0.25, -0.2) is 4.98 Å². The van der Waals surface area contributed by atoms with Gasteiger partial charge in [-0.15, -0.1) is 21.5 Å². The average molecular weight is 475 g/mol. The number of carbonyl (C=O) groups excluding carboxylic acids is 2. The second-order valence-corrected chi connectivity index (χ2v) is 8.83. The second-order valence-electron chi connectivity index (χ2n) is 7.03. The van der Waals surface area contributed by atoms with Crippen molar-refractivity contribution < 1.29 is 14.3 Å². The molecule has 0 aliphatic heterocycles. The summed E-state index contributed by atoms with van der Waals surface area (Å²) >= 11 is 2.69. The smallest absolute Gasteiger partial charge is 0.236 e. The van der Waals surface area contributed by atoms with Crippen LogP contribution in [0, 0.1) is 6.92 Å². The highest BCUT2D eigenvalue weighted by Crippen LogP contribution is 2.22. The molecule has 0 spiro atoms. The molecule has 2 N–H and O–H groups in total. The van der Waals surface area contributed by atoms with Crippen LogP contribution in [0.4, 0.5) is 5.13 Å². The van der Waals surface area contributed by atoms with Gasteiger partial charge in [0.15, 0.2) is 16.1 Å². The summed E-state index contributed by atoms with van der Waals surface area (Å²) in [5.74, 6) is 1.32. The van der Waals surface area contributed by atoms with E-state index in [1.807, 2.05) is 55.0 Å². The number of methoxy groups -OCH3 is 1. The maximum Gasteiger partial charge on any atom is 0.236 e. The molecule has 0 aliphatic carbocycles. The molecule has 3 rings (SSSR count). The summed E-state index contributed by atoms with van der Waals surface area (Å²) in [6.45, 7) is 6.34. The first kappa shape index (κ1) is 23.7. The van der Waals surface area contributed by atoms with Gasteiger partial charge in [0.25, 0.3) is 0 Å². The number of carbonyl (C=O) groups is 2. The summed E-state index contributed by atoms with van der Waals surface area (Å²) in [4.78, 5) is 28.9. The number of hydrogen-bond donors (Lipinski definition) is 2. The van der Waals surface area contributed by atoms with Crippen molar-refractivity contribution in [3.05, 3.63) is 46.7 Å². The van der Waals surface area contributed by atoms with Gasteiger partial charge in [0.05, 0.1) is 31.0 Å². The topological polar surface area (TPSA) is 111 Å². The van der Waals surface area contributed by atoms with Crippen LogP contribution in [0.1, 0.15) is 37.0 Å². The first-order valence-corrected chi connectivity index (χ1v) is 12.0. The van der Waals surface area contributed by atoms with Crippen molar-refractivity contribution in [1.82, 2.24) is 25.1 Å². The maximum atomic E-state index is 12.5. The van der Waals surface area contributed by atoms with E-state index in [9.17, 15) is 9.59 Å². The lowest BCUT2D eigenvalue weighted by molar-refractivity contribution is -0.121. The van der Waals surface area contributed by atoms with Crippen LogP contribution < -0.4 is 15.4 Å². The molecule has 0 saturated heterocycles. The van der Waals surface area contributed by atoms with Crippen LogP contribution in [0.2, 0.25) is 0 Å². The number of aryl methyl sites for hydroxylation is 1. The summed E-state index contributed by atoms with van der Waals surface area (Å²) in [6.07, 6.45) is 0.257. The zero-order valence-corrected chi connectivity index (χ0v) is 20.0. The minimum absolute atomic E-state index is 0.111. The lowest BCUT2D eigenvalue weighted by Crippen LogP contribution is -2.30. The fourth-order valence-electron chi connectivity index (χ4n) is 3.01. The molecule has 2 amide bonds. The van der Waals surface area contributed by atoms with E-state index in [4.69, 9.17) is 4.74 Å². The summed E-state index contributed by atoms with van der Waals surface area (Å²) in [6, 6.07) is 7.06. The lowest BCUT2D eigenvalue weighted by atomic mass is 10.1. The Bertz CT molecular complexity index is 1060. The number of rotatable bonds is 10. The predicted octanol–water partition coefficient (Wildman–Crippen LogP) is 3.22. The third-order valence-corrected chi connectivity index (χ3v) is 6.39. The monoisotopic (exact) mass is 474 g/mol. The number of aromatic nitrogens is 4. The van der Waals surface area contributed by atoms with Crippen molar-refractivity contribution in [2.75, 3.05) is 18.2 Å². The van der Waals surface area contributed by atoms with Crippen LogP contribution in [0.25, 0.3) is 0 Å². The van der Waals surface area contributed by atoms with Crippen molar-refractivity contribution in [3.8, 4) is 5.75 Å². The van der Waals surface area contributed by atoms with Crippen LogP contribution in [0.5, 0.6) is 5.75 Å². The largest absolute Gasteiger partial charge is 0.497 e. The maximum absolute atomic E-state index is 12.5. The Labute approximate surface area is 195 Å². The van der Waals surface area contributed by atoms with E-state index in [0.717, 1.165) is 17.0 Å². The molecule has 9 nitrogen and oxygen atoms in total. The van der Waals surface area contributed by atoms with Crippen molar-refractivity contribution >= 4 is 40.0 Å². The first-order valence-electron chi connectivity index (χ1n) is 10.1. The highest BCUT2D eigenvalue weighted by Gasteiger charge is 2.20. The quantitative estimate of drug-likeness (QED) is 0.434. The molecule has 1 atom stereocenters. The Balaban J connectivity index is 1.56. The molecule has 2 aromatic heterocycles. The van der Waals surface area contributed by atoms with Gasteiger partial charge in [0.2, 0.25) is 11.8 Å². The molecule has 170 valence electrons. The Morgan fingerprint density at radius 3 is 2.59 bits per heavy atom. The summed E-state index contributed by atoms with van der Waals surface area (Å²) in [7, 11) is 1.61. The first-order chi connectivity index (χ1) is 15.4. The van der Waals surface area contributed by atoms with Gasteiger partial charge in [-0.3, -0.25) is 9.59 Å². The zero-order valence-electron chi connectivity index (χ0n) is 18.4. The third-order valence-electron chi connectivity index (χ3n) is 4.55. The van der Waals surface area contributed by atoms with E-state index in [0.29, 0.717) is 22.7 Å². The molecule has 0 unspecified atom stereocenters.